The number of carboxylic acid groups (broad SMARTS) is 1. The number of nitrogen functional groups attached to an aromatic ring is 1. The van der Waals surface area contributed by atoms with E-state index in [-0.39, 0.29) is 32.8 Å². The standard InChI is InChI=1S/C24H24N8O6S4/c1-31-12-3-2-5-27-19(12)42-24(31)41-8-10-7-39-21-15(20(35)32(21)16(10)22(36)37)29-18(34)14(11-9-40-23(25)28-11)30-38-13-4-6-26-17(13)33/h2-3,5,9,13,15,21,24H,4,6-8H2,1H3,(H2,25,28)(H,26,33)(H,29,34)(H,36,37)/t13-,15+,21-,24?/m0/s1. The number of carbonyl (C=O) groups is 4. The van der Waals surface area contributed by atoms with Crippen molar-refractivity contribution in [2.75, 3.05) is 35.7 Å². The zero-order chi connectivity index (χ0) is 29.5. The summed E-state index contributed by atoms with van der Waals surface area (Å²) in [7, 11) is 1.97. The van der Waals surface area contributed by atoms with Crippen molar-refractivity contribution < 1.29 is 29.1 Å². The zero-order valence-corrected chi connectivity index (χ0v) is 25.1. The summed E-state index contributed by atoms with van der Waals surface area (Å²) < 4.78 is 0.00860. The maximum absolute atomic E-state index is 13.3. The molecule has 2 aromatic rings. The lowest BCUT2D eigenvalue weighted by Gasteiger charge is -2.49. The number of anilines is 2. The van der Waals surface area contributed by atoms with Crippen molar-refractivity contribution in [3.05, 3.63) is 40.7 Å². The minimum atomic E-state index is -1.20. The second-order valence-corrected chi connectivity index (χ2v) is 13.9. The summed E-state index contributed by atoms with van der Waals surface area (Å²) >= 11 is 5.63. The van der Waals surface area contributed by atoms with E-state index in [2.05, 4.69) is 30.7 Å². The summed E-state index contributed by atoms with van der Waals surface area (Å²) in [4.78, 5) is 67.9. The maximum Gasteiger partial charge on any atom is 0.352 e. The average molecular weight is 649 g/mol. The van der Waals surface area contributed by atoms with Gasteiger partial charge in [0.15, 0.2) is 10.8 Å². The molecule has 2 aromatic heterocycles. The van der Waals surface area contributed by atoms with Crippen LogP contribution in [-0.2, 0) is 24.0 Å². The van der Waals surface area contributed by atoms with Crippen LogP contribution in [0.5, 0.6) is 0 Å². The SMILES string of the molecule is CN1c2cccnc2SC1SCC1=C(C(=O)O)N2C(=O)[C@@H](NC(=O)C(=NO[C@H]3CCNC3=O)c3csc(N)n3)[C@@H]2SC1. The number of rotatable bonds is 9. The molecule has 6 rings (SSSR count). The highest BCUT2D eigenvalue weighted by atomic mass is 32.2. The number of aromatic nitrogens is 2. The normalized spacial score (nSPS) is 25.1. The molecule has 3 amide bonds. The summed E-state index contributed by atoms with van der Waals surface area (Å²) in [5.74, 6) is -2.06. The van der Waals surface area contributed by atoms with Crippen LogP contribution in [0.1, 0.15) is 12.1 Å². The van der Waals surface area contributed by atoms with E-state index in [4.69, 9.17) is 10.6 Å². The van der Waals surface area contributed by atoms with Gasteiger partial charge in [-0.2, -0.15) is 0 Å². The number of carbonyl (C=O) groups excluding carboxylic acids is 3. The van der Waals surface area contributed by atoms with Gasteiger partial charge in [0.05, 0.1) is 5.69 Å². The fourth-order valence-electron chi connectivity index (χ4n) is 4.74. The van der Waals surface area contributed by atoms with Gasteiger partial charge in [-0.05, 0) is 17.7 Å². The van der Waals surface area contributed by atoms with E-state index in [0.717, 1.165) is 22.1 Å². The van der Waals surface area contributed by atoms with E-state index in [1.165, 1.54) is 22.0 Å². The van der Waals surface area contributed by atoms with Gasteiger partial charge in [-0.25, -0.2) is 14.8 Å². The molecule has 4 aliphatic heterocycles. The van der Waals surface area contributed by atoms with Gasteiger partial charge in [-0.3, -0.25) is 19.3 Å². The first kappa shape index (κ1) is 28.6. The van der Waals surface area contributed by atoms with Crippen molar-refractivity contribution in [2.45, 2.75) is 33.7 Å². The molecule has 6 heterocycles. The number of thiazole rings is 1. The highest BCUT2D eigenvalue weighted by Gasteiger charge is 2.54. The number of carboxylic acids is 1. The molecule has 0 spiro atoms. The van der Waals surface area contributed by atoms with Gasteiger partial charge in [-0.1, -0.05) is 16.9 Å². The van der Waals surface area contributed by atoms with Crippen molar-refractivity contribution in [1.29, 1.82) is 0 Å². The average Bonchev–Trinajstić information content (AvgIpc) is 3.68. The maximum atomic E-state index is 13.3. The van der Waals surface area contributed by atoms with Crippen LogP contribution in [0, 0.1) is 0 Å². The number of nitrogens with one attached hydrogen (secondary N) is 2. The van der Waals surface area contributed by atoms with Crippen LogP contribution in [-0.4, -0.2) is 96.7 Å². The lowest BCUT2D eigenvalue weighted by molar-refractivity contribution is -0.150. The molecule has 0 aliphatic carbocycles. The third-order valence-electron chi connectivity index (χ3n) is 6.85. The fraction of sp³-hybridized carbons (Fsp3) is 0.375. The van der Waals surface area contributed by atoms with E-state index in [1.807, 2.05) is 19.2 Å². The van der Waals surface area contributed by atoms with E-state index in [1.54, 1.807) is 29.7 Å². The third kappa shape index (κ3) is 5.27. The second kappa shape index (κ2) is 11.7. The number of fused-ring (bicyclic) bond motifs is 2. The third-order valence-corrected chi connectivity index (χ3v) is 11.7. The molecular weight excluding hydrogens is 625 g/mol. The van der Waals surface area contributed by atoms with E-state index in [0.29, 0.717) is 30.0 Å². The van der Waals surface area contributed by atoms with Crippen LogP contribution < -0.4 is 21.3 Å². The van der Waals surface area contributed by atoms with Gasteiger partial charge in [0.25, 0.3) is 17.7 Å². The van der Waals surface area contributed by atoms with Crippen molar-refractivity contribution >= 4 is 86.8 Å². The second-order valence-electron chi connectivity index (χ2n) is 9.48. The van der Waals surface area contributed by atoms with Crippen LogP contribution in [0.2, 0.25) is 0 Å². The predicted molar refractivity (Wildman–Crippen MR) is 160 cm³/mol. The molecule has 220 valence electrons. The molecule has 4 atom stereocenters. The van der Waals surface area contributed by atoms with Gasteiger partial charge in [0, 0.05) is 43.1 Å². The Bertz CT molecular complexity index is 1530. The van der Waals surface area contributed by atoms with Crippen LogP contribution in [0.25, 0.3) is 0 Å². The highest BCUT2D eigenvalue weighted by Crippen LogP contribution is 2.47. The van der Waals surface area contributed by atoms with Crippen LogP contribution in [0.4, 0.5) is 10.8 Å². The highest BCUT2D eigenvalue weighted by molar-refractivity contribution is 8.17. The van der Waals surface area contributed by atoms with Crippen LogP contribution >= 0.6 is 46.6 Å². The molecular formula is C24H24N8O6S4. The predicted octanol–water partition coefficient (Wildman–Crippen LogP) is 0.727. The first-order valence-electron chi connectivity index (χ1n) is 12.6. The molecule has 0 saturated carbocycles. The molecule has 1 unspecified atom stereocenters. The van der Waals surface area contributed by atoms with E-state index < -0.39 is 35.3 Å². The number of oxime groups is 1. The minimum Gasteiger partial charge on any atom is -0.477 e. The van der Waals surface area contributed by atoms with Crippen LogP contribution in [0.3, 0.4) is 0 Å². The fourth-order valence-corrected chi connectivity index (χ4v) is 9.35. The van der Waals surface area contributed by atoms with E-state index >= 15 is 0 Å². The largest absolute Gasteiger partial charge is 0.477 e. The monoisotopic (exact) mass is 648 g/mol. The molecule has 42 heavy (non-hydrogen) atoms. The number of nitrogens with zero attached hydrogens (tertiary/aromatic N) is 5. The molecule has 4 aliphatic rings. The van der Waals surface area contributed by atoms with Gasteiger partial charge in [0.1, 0.15) is 32.5 Å². The molecule has 14 nitrogen and oxygen atoms in total. The number of amides is 3. The number of nitrogens with two attached hydrogens (primary N) is 1. The van der Waals surface area contributed by atoms with Crippen molar-refractivity contribution in [3.8, 4) is 0 Å². The molecule has 0 aromatic carbocycles. The quantitative estimate of drug-likeness (QED) is 0.169. The minimum absolute atomic E-state index is 0.00860. The molecule has 0 radical (unpaired) electrons. The molecule has 2 saturated heterocycles. The first-order chi connectivity index (χ1) is 20.2. The Morgan fingerprint density at radius 2 is 2.21 bits per heavy atom. The molecule has 2 fully saturated rings. The van der Waals surface area contributed by atoms with Crippen molar-refractivity contribution in [1.82, 2.24) is 25.5 Å². The molecule has 18 heteroatoms. The number of aliphatic carboxylic acids is 1. The van der Waals surface area contributed by atoms with Gasteiger partial charge in [0.2, 0.25) is 6.10 Å². The van der Waals surface area contributed by atoms with Gasteiger partial charge in [-0.15, -0.1) is 34.9 Å². The van der Waals surface area contributed by atoms with Gasteiger partial charge < -0.3 is 31.2 Å². The Morgan fingerprint density at radius 3 is 2.90 bits per heavy atom. The summed E-state index contributed by atoms with van der Waals surface area (Å²) in [5, 5.41) is 21.3. The van der Waals surface area contributed by atoms with Crippen molar-refractivity contribution in [2.24, 2.45) is 5.16 Å². The lowest BCUT2D eigenvalue weighted by Crippen LogP contribution is -2.71. The molecule has 0 bridgehead atoms. The Labute approximate surface area is 255 Å². The summed E-state index contributed by atoms with van der Waals surface area (Å²) in [6.45, 7) is 0.427. The summed E-state index contributed by atoms with van der Waals surface area (Å²) in [5.41, 5.74) is 7.22. The number of pyridine rings is 1. The van der Waals surface area contributed by atoms with Gasteiger partial charge >= 0.3 is 5.97 Å². The summed E-state index contributed by atoms with van der Waals surface area (Å²) in [6.07, 6.45) is 1.27. The number of β-lactam (4-membered cyclic amide) rings is 1. The zero-order valence-electron chi connectivity index (χ0n) is 21.9. The number of hydrogen-bond acceptors (Lipinski definition) is 14. The number of thioether (sulfide) groups is 3. The first-order valence-corrected chi connectivity index (χ1v) is 16.5. The van der Waals surface area contributed by atoms with E-state index in [9.17, 15) is 24.3 Å². The molecule has 5 N–H and O–H groups in total. The Hall–Kier alpha value is -3.48. The lowest BCUT2D eigenvalue weighted by atomic mass is 10.0. The Morgan fingerprint density at radius 1 is 1.38 bits per heavy atom. The summed E-state index contributed by atoms with van der Waals surface area (Å²) in [6, 6.07) is 2.88. The van der Waals surface area contributed by atoms with Crippen molar-refractivity contribution in [3.63, 3.8) is 0 Å². The topological polar surface area (TPSA) is 192 Å². The van der Waals surface area contributed by atoms with Crippen LogP contribution in [0.15, 0.2) is 45.2 Å². The Balaban J connectivity index is 1.15. The Kier molecular flexibility index (Phi) is 7.95. The smallest absolute Gasteiger partial charge is 0.352 e. The number of hydrogen-bond donors (Lipinski definition) is 4.